The summed E-state index contributed by atoms with van der Waals surface area (Å²) in [5.41, 5.74) is 0.694. The maximum atomic E-state index is 11.4. The van der Waals surface area contributed by atoms with Gasteiger partial charge in [0.1, 0.15) is 6.61 Å². The molecule has 0 saturated heterocycles. The second-order valence-corrected chi connectivity index (χ2v) is 4.58. The molecule has 0 aromatic heterocycles. The first-order chi connectivity index (χ1) is 8.58. The third-order valence-corrected chi connectivity index (χ3v) is 2.58. The third-order valence-electron chi connectivity index (χ3n) is 1.86. The number of benzene rings is 1. The molecule has 0 aliphatic rings. The number of rotatable bonds is 6. The summed E-state index contributed by atoms with van der Waals surface area (Å²) in [7, 11) is 0. The molecule has 98 valence electrons. The normalized spacial score (nSPS) is 9.83. The van der Waals surface area contributed by atoms with Gasteiger partial charge in [0.05, 0.1) is 6.61 Å². The van der Waals surface area contributed by atoms with Crippen LogP contribution < -0.4 is 10.6 Å². The largest absolute Gasteiger partial charge is 0.480 e. The summed E-state index contributed by atoms with van der Waals surface area (Å²) in [6.07, 6.45) is 0. The van der Waals surface area contributed by atoms with Gasteiger partial charge in [-0.15, -0.1) is 0 Å². The number of hydrogen-bond donors (Lipinski definition) is 3. The fourth-order valence-electron chi connectivity index (χ4n) is 1.10. The van der Waals surface area contributed by atoms with Crippen molar-refractivity contribution in [1.29, 1.82) is 0 Å². The van der Waals surface area contributed by atoms with Crippen LogP contribution >= 0.6 is 22.6 Å². The van der Waals surface area contributed by atoms with Crippen molar-refractivity contribution in [1.82, 2.24) is 5.32 Å². The van der Waals surface area contributed by atoms with E-state index in [9.17, 15) is 9.59 Å². The van der Waals surface area contributed by atoms with Gasteiger partial charge in [-0.25, -0.2) is 9.59 Å². The molecule has 2 amide bonds. The van der Waals surface area contributed by atoms with Gasteiger partial charge in [0, 0.05) is 15.8 Å². The predicted octanol–water partition coefficient (Wildman–Crippen LogP) is 1.51. The van der Waals surface area contributed by atoms with Gasteiger partial charge in [-0.3, -0.25) is 0 Å². The van der Waals surface area contributed by atoms with Gasteiger partial charge in [0.15, 0.2) is 0 Å². The molecule has 0 aliphatic carbocycles. The number of halogens is 1. The molecule has 1 aromatic rings. The average molecular weight is 364 g/mol. The highest BCUT2D eigenvalue weighted by Gasteiger charge is 2.01. The first kappa shape index (κ1) is 14.7. The van der Waals surface area contributed by atoms with E-state index in [0.29, 0.717) is 5.69 Å². The van der Waals surface area contributed by atoms with E-state index < -0.39 is 5.97 Å². The molecular weight excluding hydrogens is 351 g/mol. The van der Waals surface area contributed by atoms with Gasteiger partial charge in [-0.1, -0.05) is 0 Å². The average Bonchev–Trinajstić information content (AvgIpc) is 2.31. The first-order valence-electron chi connectivity index (χ1n) is 5.18. The number of carboxylic acids is 1. The fourth-order valence-corrected chi connectivity index (χ4v) is 1.46. The molecule has 6 nitrogen and oxygen atoms in total. The highest BCUT2D eigenvalue weighted by atomic mass is 127. The number of ether oxygens (including phenoxy) is 1. The van der Waals surface area contributed by atoms with Crippen LogP contribution in [0.3, 0.4) is 0 Å². The van der Waals surface area contributed by atoms with Gasteiger partial charge < -0.3 is 20.5 Å². The minimum Gasteiger partial charge on any atom is -0.480 e. The lowest BCUT2D eigenvalue weighted by Crippen LogP contribution is -2.31. The number of nitrogens with one attached hydrogen (secondary N) is 2. The van der Waals surface area contributed by atoms with Gasteiger partial charge in [-0.05, 0) is 46.9 Å². The Balaban J connectivity index is 2.17. The van der Waals surface area contributed by atoms with Crippen LogP contribution in [0.25, 0.3) is 0 Å². The van der Waals surface area contributed by atoms with Crippen molar-refractivity contribution < 1.29 is 19.4 Å². The number of carbonyl (C=O) groups excluding carboxylic acids is 1. The second-order valence-electron chi connectivity index (χ2n) is 3.33. The Kier molecular flexibility index (Phi) is 6.44. The van der Waals surface area contributed by atoms with E-state index in [1.807, 2.05) is 12.1 Å². The van der Waals surface area contributed by atoms with Crippen molar-refractivity contribution in [3.05, 3.63) is 27.8 Å². The lowest BCUT2D eigenvalue weighted by Gasteiger charge is -2.07. The zero-order valence-corrected chi connectivity index (χ0v) is 11.6. The van der Waals surface area contributed by atoms with Crippen molar-refractivity contribution in [2.45, 2.75) is 0 Å². The maximum Gasteiger partial charge on any atom is 0.329 e. The van der Waals surface area contributed by atoms with E-state index in [0.717, 1.165) is 3.57 Å². The number of anilines is 1. The molecule has 1 aromatic carbocycles. The van der Waals surface area contributed by atoms with Crippen molar-refractivity contribution in [3.63, 3.8) is 0 Å². The molecule has 0 aliphatic heterocycles. The summed E-state index contributed by atoms with van der Waals surface area (Å²) in [4.78, 5) is 21.5. The van der Waals surface area contributed by atoms with Crippen LogP contribution in [0, 0.1) is 3.57 Å². The summed E-state index contributed by atoms with van der Waals surface area (Å²) < 4.78 is 5.85. The molecule has 3 N–H and O–H groups in total. The van der Waals surface area contributed by atoms with Crippen LogP contribution in [-0.4, -0.2) is 36.9 Å². The first-order valence-corrected chi connectivity index (χ1v) is 6.26. The van der Waals surface area contributed by atoms with E-state index in [2.05, 4.69) is 33.2 Å². The molecule has 0 bridgehead atoms. The Bertz CT molecular complexity index is 408. The van der Waals surface area contributed by atoms with Crippen LogP contribution in [-0.2, 0) is 9.53 Å². The quantitative estimate of drug-likeness (QED) is 0.528. The lowest BCUT2D eigenvalue weighted by atomic mass is 10.3. The Morgan fingerprint density at radius 1 is 1.28 bits per heavy atom. The molecule has 0 radical (unpaired) electrons. The minimum absolute atomic E-state index is 0.159. The Labute approximate surface area is 118 Å². The van der Waals surface area contributed by atoms with Crippen molar-refractivity contribution in [2.75, 3.05) is 25.1 Å². The monoisotopic (exact) mass is 364 g/mol. The van der Waals surface area contributed by atoms with E-state index in [1.165, 1.54) is 0 Å². The zero-order chi connectivity index (χ0) is 13.4. The van der Waals surface area contributed by atoms with Crippen LogP contribution in [0.15, 0.2) is 24.3 Å². The summed E-state index contributed by atoms with van der Waals surface area (Å²) >= 11 is 2.17. The standard InChI is InChI=1S/C11H13IN2O4/c12-8-1-3-9(4-2-8)14-11(17)13-5-6-18-7-10(15)16/h1-4H,5-7H2,(H,15,16)(H2,13,14,17). The van der Waals surface area contributed by atoms with E-state index in [1.54, 1.807) is 12.1 Å². The van der Waals surface area contributed by atoms with Crippen LogP contribution in [0.5, 0.6) is 0 Å². The zero-order valence-electron chi connectivity index (χ0n) is 9.48. The molecular formula is C11H13IN2O4. The number of urea groups is 1. The summed E-state index contributed by atoms with van der Waals surface area (Å²) in [6, 6.07) is 7.00. The lowest BCUT2D eigenvalue weighted by molar-refractivity contribution is -0.142. The molecule has 7 heteroatoms. The summed E-state index contributed by atoms with van der Waals surface area (Å²) in [5, 5.41) is 13.5. The van der Waals surface area contributed by atoms with Crippen LogP contribution in [0.4, 0.5) is 10.5 Å². The maximum absolute atomic E-state index is 11.4. The predicted molar refractivity (Wildman–Crippen MR) is 74.6 cm³/mol. The molecule has 1 rings (SSSR count). The second kappa shape index (κ2) is 7.88. The molecule has 18 heavy (non-hydrogen) atoms. The summed E-state index contributed by atoms with van der Waals surface area (Å²) in [6.45, 7) is 0.0519. The SMILES string of the molecule is O=C(O)COCCNC(=O)Nc1ccc(I)cc1. The molecule has 0 saturated carbocycles. The van der Waals surface area contributed by atoms with Gasteiger partial charge in [0.25, 0.3) is 0 Å². The van der Waals surface area contributed by atoms with Crippen LogP contribution in [0.1, 0.15) is 0 Å². The number of carbonyl (C=O) groups is 2. The van der Waals surface area contributed by atoms with E-state index in [-0.39, 0.29) is 25.8 Å². The number of carboxylic acid groups (broad SMARTS) is 1. The molecule has 0 unspecified atom stereocenters. The summed E-state index contributed by atoms with van der Waals surface area (Å²) in [5.74, 6) is -1.03. The van der Waals surface area contributed by atoms with Crippen molar-refractivity contribution in [3.8, 4) is 0 Å². The Hall–Kier alpha value is -1.35. The molecule has 0 spiro atoms. The van der Waals surface area contributed by atoms with Gasteiger partial charge in [0.2, 0.25) is 0 Å². The number of aliphatic carboxylic acids is 1. The van der Waals surface area contributed by atoms with E-state index >= 15 is 0 Å². The Morgan fingerprint density at radius 3 is 2.56 bits per heavy atom. The molecule has 0 heterocycles. The molecule has 0 fully saturated rings. The van der Waals surface area contributed by atoms with Gasteiger partial charge >= 0.3 is 12.0 Å². The number of hydrogen-bond acceptors (Lipinski definition) is 3. The molecule has 0 atom stereocenters. The minimum atomic E-state index is -1.03. The van der Waals surface area contributed by atoms with Crippen molar-refractivity contribution >= 4 is 40.3 Å². The smallest absolute Gasteiger partial charge is 0.329 e. The Morgan fingerprint density at radius 2 is 1.94 bits per heavy atom. The number of amides is 2. The fraction of sp³-hybridized carbons (Fsp3) is 0.273. The topological polar surface area (TPSA) is 87.7 Å². The highest BCUT2D eigenvalue weighted by Crippen LogP contribution is 2.10. The van der Waals surface area contributed by atoms with Crippen LogP contribution in [0.2, 0.25) is 0 Å². The third kappa shape index (κ3) is 6.40. The van der Waals surface area contributed by atoms with Gasteiger partial charge in [-0.2, -0.15) is 0 Å². The van der Waals surface area contributed by atoms with Crippen molar-refractivity contribution in [2.24, 2.45) is 0 Å². The highest BCUT2D eigenvalue weighted by molar-refractivity contribution is 14.1. The van der Waals surface area contributed by atoms with E-state index in [4.69, 9.17) is 9.84 Å².